The van der Waals surface area contributed by atoms with Crippen molar-refractivity contribution < 1.29 is 4.79 Å². The van der Waals surface area contributed by atoms with Gasteiger partial charge in [0.2, 0.25) is 0 Å². The van der Waals surface area contributed by atoms with Crippen molar-refractivity contribution in [2.45, 2.75) is 18.4 Å². The van der Waals surface area contributed by atoms with Crippen LogP contribution in [0, 0.1) is 0 Å². The lowest BCUT2D eigenvalue weighted by Crippen LogP contribution is -2.47. The van der Waals surface area contributed by atoms with Gasteiger partial charge in [-0.15, -0.1) is 0 Å². The van der Waals surface area contributed by atoms with Crippen molar-refractivity contribution in [3.63, 3.8) is 0 Å². The maximum Gasteiger partial charge on any atom is 0.253 e. The molecule has 0 aromatic heterocycles. The minimum atomic E-state index is -0.621. The average Bonchev–Trinajstić information content (AvgIpc) is 2.67. The SMILES string of the molecule is O=C1NC(c2ccc(Cl)cc2Cl)=NC12CCNCC2. The highest BCUT2D eigenvalue weighted by Crippen LogP contribution is 2.30. The summed E-state index contributed by atoms with van der Waals surface area (Å²) in [5.41, 5.74) is 0.0960. The van der Waals surface area contributed by atoms with Gasteiger partial charge < -0.3 is 10.6 Å². The maximum atomic E-state index is 12.2. The Morgan fingerprint density at radius 1 is 1.21 bits per heavy atom. The standard InChI is InChI=1S/C13H13Cl2N3O/c14-8-1-2-9(10(15)7-8)11-17-12(19)13(18-11)3-5-16-6-4-13/h1-2,7,16H,3-6H2,(H,17,18,19). The first-order valence-electron chi connectivity index (χ1n) is 6.18. The lowest BCUT2D eigenvalue weighted by atomic mass is 9.89. The molecule has 0 bridgehead atoms. The van der Waals surface area contributed by atoms with Crippen LogP contribution in [0.5, 0.6) is 0 Å². The van der Waals surface area contributed by atoms with E-state index in [1.165, 1.54) is 0 Å². The van der Waals surface area contributed by atoms with Crippen LogP contribution in [0.4, 0.5) is 0 Å². The van der Waals surface area contributed by atoms with E-state index in [2.05, 4.69) is 15.6 Å². The number of nitrogens with one attached hydrogen (secondary N) is 2. The first kappa shape index (κ1) is 12.9. The number of carbonyl (C=O) groups is 1. The lowest BCUT2D eigenvalue weighted by molar-refractivity contribution is -0.124. The molecule has 0 unspecified atom stereocenters. The third-order valence-corrected chi connectivity index (χ3v) is 4.15. The highest BCUT2D eigenvalue weighted by atomic mass is 35.5. The minimum Gasteiger partial charge on any atom is -0.317 e. The van der Waals surface area contributed by atoms with Gasteiger partial charge in [0, 0.05) is 10.6 Å². The Morgan fingerprint density at radius 3 is 2.63 bits per heavy atom. The number of benzene rings is 1. The summed E-state index contributed by atoms with van der Waals surface area (Å²) in [7, 11) is 0. The topological polar surface area (TPSA) is 53.5 Å². The molecule has 1 aromatic rings. The molecule has 100 valence electrons. The van der Waals surface area contributed by atoms with E-state index in [9.17, 15) is 4.79 Å². The van der Waals surface area contributed by atoms with Gasteiger partial charge in [0.1, 0.15) is 11.4 Å². The number of hydrogen-bond donors (Lipinski definition) is 2. The zero-order valence-corrected chi connectivity index (χ0v) is 11.7. The van der Waals surface area contributed by atoms with Gasteiger partial charge in [0.05, 0.1) is 5.02 Å². The van der Waals surface area contributed by atoms with E-state index in [4.69, 9.17) is 23.2 Å². The Morgan fingerprint density at radius 2 is 1.95 bits per heavy atom. The monoisotopic (exact) mass is 297 g/mol. The normalized spacial score (nSPS) is 21.4. The molecular weight excluding hydrogens is 285 g/mol. The Balaban J connectivity index is 1.98. The van der Waals surface area contributed by atoms with Crippen LogP contribution in [0.25, 0.3) is 0 Å². The molecule has 6 heteroatoms. The number of nitrogens with zero attached hydrogens (tertiary/aromatic N) is 1. The molecular formula is C13H13Cl2N3O. The molecule has 0 atom stereocenters. The van der Waals surface area contributed by atoms with Gasteiger partial charge in [-0.1, -0.05) is 23.2 Å². The molecule has 0 saturated carbocycles. The molecule has 4 nitrogen and oxygen atoms in total. The number of aliphatic imine (C=N–C) groups is 1. The molecule has 2 heterocycles. The first-order valence-corrected chi connectivity index (χ1v) is 6.94. The van der Waals surface area contributed by atoms with E-state index in [0.717, 1.165) is 18.7 Å². The van der Waals surface area contributed by atoms with Gasteiger partial charge in [-0.25, -0.2) is 0 Å². The number of halogens is 2. The Labute approximate surface area is 121 Å². The van der Waals surface area contributed by atoms with Crippen LogP contribution in [-0.4, -0.2) is 30.4 Å². The molecule has 1 saturated heterocycles. The molecule has 1 amide bonds. The average molecular weight is 298 g/mol. The fourth-order valence-electron chi connectivity index (χ4n) is 2.50. The van der Waals surface area contributed by atoms with Crippen LogP contribution in [-0.2, 0) is 4.79 Å². The molecule has 0 aliphatic carbocycles. The minimum absolute atomic E-state index is 0.0324. The zero-order valence-electron chi connectivity index (χ0n) is 10.2. The second-order valence-corrected chi connectivity index (χ2v) is 5.66. The van der Waals surface area contributed by atoms with E-state index in [1.807, 2.05) is 0 Å². The van der Waals surface area contributed by atoms with Crippen LogP contribution in [0.1, 0.15) is 18.4 Å². The second kappa shape index (κ2) is 4.78. The number of hydrogen-bond acceptors (Lipinski definition) is 3. The van der Waals surface area contributed by atoms with Crippen LogP contribution in [0.2, 0.25) is 10.0 Å². The first-order chi connectivity index (χ1) is 9.11. The predicted molar refractivity (Wildman–Crippen MR) is 76.0 cm³/mol. The quantitative estimate of drug-likeness (QED) is 0.833. The number of amidine groups is 1. The largest absolute Gasteiger partial charge is 0.317 e. The molecule has 3 rings (SSSR count). The van der Waals surface area contributed by atoms with Crippen molar-refractivity contribution in [1.29, 1.82) is 0 Å². The van der Waals surface area contributed by atoms with Crippen molar-refractivity contribution in [2.75, 3.05) is 13.1 Å². The lowest BCUT2D eigenvalue weighted by Gasteiger charge is -2.28. The van der Waals surface area contributed by atoms with E-state index in [-0.39, 0.29) is 5.91 Å². The van der Waals surface area contributed by atoms with E-state index < -0.39 is 5.54 Å². The summed E-state index contributed by atoms with van der Waals surface area (Å²) >= 11 is 12.0. The van der Waals surface area contributed by atoms with Crippen molar-refractivity contribution in [1.82, 2.24) is 10.6 Å². The van der Waals surface area contributed by atoms with Crippen molar-refractivity contribution in [3.05, 3.63) is 33.8 Å². The predicted octanol–water partition coefficient (Wildman–Crippen LogP) is 1.99. The van der Waals surface area contributed by atoms with E-state index >= 15 is 0 Å². The van der Waals surface area contributed by atoms with Crippen LogP contribution >= 0.6 is 23.2 Å². The molecule has 19 heavy (non-hydrogen) atoms. The molecule has 1 fully saturated rings. The van der Waals surface area contributed by atoms with Gasteiger partial charge in [-0.2, -0.15) is 0 Å². The molecule has 1 spiro atoms. The Kier molecular flexibility index (Phi) is 3.25. The third-order valence-electron chi connectivity index (χ3n) is 3.60. The summed E-state index contributed by atoms with van der Waals surface area (Å²) < 4.78 is 0. The van der Waals surface area contributed by atoms with Gasteiger partial charge in [0.15, 0.2) is 0 Å². The molecule has 2 aliphatic rings. The van der Waals surface area contributed by atoms with Crippen molar-refractivity contribution in [3.8, 4) is 0 Å². The second-order valence-electron chi connectivity index (χ2n) is 4.82. The number of carbonyl (C=O) groups excluding carboxylic acids is 1. The fraction of sp³-hybridized carbons (Fsp3) is 0.385. The highest BCUT2D eigenvalue weighted by Gasteiger charge is 2.44. The van der Waals surface area contributed by atoms with Gasteiger partial charge in [0.25, 0.3) is 5.91 Å². The van der Waals surface area contributed by atoms with Crippen LogP contribution < -0.4 is 10.6 Å². The molecule has 0 radical (unpaired) electrons. The molecule has 1 aromatic carbocycles. The summed E-state index contributed by atoms with van der Waals surface area (Å²) in [5.74, 6) is 0.517. The Hall–Kier alpha value is -1.10. The number of piperidine rings is 1. The molecule has 2 N–H and O–H groups in total. The summed E-state index contributed by atoms with van der Waals surface area (Å²) in [6.45, 7) is 1.61. The zero-order chi connectivity index (χ0) is 13.5. The van der Waals surface area contributed by atoms with Crippen LogP contribution in [0.3, 0.4) is 0 Å². The highest BCUT2D eigenvalue weighted by molar-refractivity contribution is 6.37. The van der Waals surface area contributed by atoms with Crippen molar-refractivity contribution >= 4 is 34.9 Å². The van der Waals surface area contributed by atoms with Gasteiger partial charge >= 0.3 is 0 Å². The van der Waals surface area contributed by atoms with Crippen molar-refractivity contribution in [2.24, 2.45) is 4.99 Å². The summed E-state index contributed by atoms with van der Waals surface area (Å²) in [4.78, 5) is 16.8. The van der Waals surface area contributed by atoms with E-state index in [1.54, 1.807) is 18.2 Å². The van der Waals surface area contributed by atoms with Gasteiger partial charge in [-0.3, -0.25) is 9.79 Å². The fourth-order valence-corrected chi connectivity index (χ4v) is 3.00. The third kappa shape index (κ3) is 2.24. The smallest absolute Gasteiger partial charge is 0.253 e. The van der Waals surface area contributed by atoms with Crippen LogP contribution in [0.15, 0.2) is 23.2 Å². The molecule has 2 aliphatic heterocycles. The summed E-state index contributed by atoms with van der Waals surface area (Å²) in [6, 6.07) is 5.18. The number of rotatable bonds is 1. The Bertz CT molecular complexity index is 565. The van der Waals surface area contributed by atoms with Gasteiger partial charge in [-0.05, 0) is 44.1 Å². The summed E-state index contributed by atoms with van der Waals surface area (Å²) in [5, 5.41) is 7.15. The number of amides is 1. The van der Waals surface area contributed by atoms with E-state index in [0.29, 0.717) is 28.7 Å². The maximum absolute atomic E-state index is 12.2. The summed E-state index contributed by atoms with van der Waals surface area (Å²) in [6.07, 6.45) is 1.43.